The summed E-state index contributed by atoms with van der Waals surface area (Å²) in [5.41, 5.74) is 6.93. The highest BCUT2D eigenvalue weighted by atomic mass is 19.1. The van der Waals surface area contributed by atoms with E-state index in [1.807, 2.05) is 42.3 Å². The maximum absolute atomic E-state index is 14.1. The van der Waals surface area contributed by atoms with Crippen molar-refractivity contribution in [2.24, 2.45) is 10.7 Å². The van der Waals surface area contributed by atoms with Crippen LogP contribution in [0.15, 0.2) is 41.2 Å². The van der Waals surface area contributed by atoms with Crippen LogP contribution in [0.1, 0.15) is 12.8 Å². The molecule has 1 aromatic rings. The number of hydrogen-bond donors (Lipinski definition) is 2. The van der Waals surface area contributed by atoms with Crippen molar-refractivity contribution in [1.82, 2.24) is 10.2 Å². The number of aliphatic imine (C=N–C) groups is 1. The van der Waals surface area contributed by atoms with Crippen LogP contribution >= 0.6 is 0 Å². The minimum atomic E-state index is -0.989. The van der Waals surface area contributed by atoms with Gasteiger partial charge in [0, 0.05) is 31.6 Å². The normalized spacial score (nSPS) is 22.0. The molecule has 1 fully saturated rings. The minimum Gasteiger partial charge on any atom is -0.490 e. The molecule has 1 saturated heterocycles. The number of ether oxygens (including phenoxy) is 1. The largest absolute Gasteiger partial charge is 0.490 e. The number of benzene rings is 1. The molecule has 2 aliphatic heterocycles. The number of allylic oxidation sites excluding steroid dienone is 1. The molecule has 25 heavy (non-hydrogen) atoms. The fraction of sp³-hybridized carbons (Fsp3) is 0.500. The molecule has 2 heterocycles. The van der Waals surface area contributed by atoms with Crippen LogP contribution in [-0.2, 0) is 0 Å². The van der Waals surface area contributed by atoms with E-state index in [4.69, 9.17) is 10.5 Å². The Labute approximate surface area is 148 Å². The van der Waals surface area contributed by atoms with E-state index in [1.165, 1.54) is 0 Å². The van der Waals surface area contributed by atoms with Crippen molar-refractivity contribution >= 4 is 11.9 Å². The first-order valence-electron chi connectivity index (χ1n) is 8.72. The topological polar surface area (TPSA) is 66.1 Å². The molecule has 3 N–H and O–H groups in total. The summed E-state index contributed by atoms with van der Waals surface area (Å²) in [6, 6.07) is 7.48. The van der Waals surface area contributed by atoms with Gasteiger partial charge in [0.1, 0.15) is 24.3 Å². The molecular weight excluding hydrogens is 321 g/mol. The number of rotatable bonds is 7. The highest BCUT2D eigenvalue weighted by Gasteiger charge is 2.21. The average molecular weight is 347 g/mol. The van der Waals surface area contributed by atoms with E-state index in [2.05, 4.69) is 15.2 Å². The lowest BCUT2D eigenvalue weighted by Crippen LogP contribution is -2.45. The molecule has 0 bridgehead atoms. The van der Waals surface area contributed by atoms with Gasteiger partial charge in [0.25, 0.3) is 0 Å². The van der Waals surface area contributed by atoms with Gasteiger partial charge in [0.15, 0.2) is 6.29 Å². The van der Waals surface area contributed by atoms with Crippen molar-refractivity contribution in [3.63, 3.8) is 0 Å². The second kappa shape index (κ2) is 8.31. The Morgan fingerprint density at radius 1 is 1.40 bits per heavy atom. The van der Waals surface area contributed by atoms with E-state index in [-0.39, 0.29) is 6.61 Å². The standard InChI is InChI=1S/C18H26FN5O/c1-21-17-7-8-22-18(20)24(17)15-5-4-6-16(11-15)25-13-14(19)12-23-9-2-3-10-23/h4-8,11,14,18,21H,2-3,9-10,12-13,20H2,1H3. The molecule has 0 spiro atoms. The molecule has 3 rings (SSSR count). The van der Waals surface area contributed by atoms with Crippen molar-refractivity contribution in [2.45, 2.75) is 25.3 Å². The summed E-state index contributed by atoms with van der Waals surface area (Å²) in [7, 11) is 1.83. The Morgan fingerprint density at radius 3 is 2.96 bits per heavy atom. The van der Waals surface area contributed by atoms with E-state index in [1.54, 1.807) is 6.21 Å². The first kappa shape index (κ1) is 17.7. The summed E-state index contributed by atoms with van der Waals surface area (Å²) in [6.07, 6.45) is 4.36. The van der Waals surface area contributed by atoms with Crippen LogP contribution in [0.25, 0.3) is 0 Å². The third-order valence-corrected chi connectivity index (χ3v) is 4.43. The van der Waals surface area contributed by atoms with E-state index in [0.29, 0.717) is 12.3 Å². The SMILES string of the molecule is CNC1=CC=NC(N)N1c1cccc(OCC(F)CN2CCCC2)c1. The third kappa shape index (κ3) is 4.49. The number of halogens is 1. The molecule has 0 saturated carbocycles. The lowest BCUT2D eigenvalue weighted by molar-refractivity contribution is 0.150. The maximum Gasteiger partial charge on any atom is 0.178 e. The van der Waals surface area contributed by atoms with Crippen molar-refractivity contribution < 1.29 is 9.13 Å². The summed E-state index contributed by atoms with van der Waals surface area (Å²) in [6.45, 7) is 2.47. The summed E-state index contributed by atoms with van der Waals surface area (Å²) in [5.74, 6) is 1.47. The molecule has 2 atom stereocenters. The number of nitrogens with zero attached hydrogens (tertiary/aromatic N) is 3. The van der Waals surface area contributed by atoms with Gasteiger partial charge in [-0.1, -0.05) is 6.07 Å². The van der Waals surface area contributed by atoms with Gasteiger partial charge >= 0.3 is 0 Å². The van der Waals surface area contributed by atoms with Crippen molar-refractivity contribution in [3.05, 3.63) is 36.2 Å². The number of likely N-dealkylation sites (tertiary alicyclic amines) is 1. The molecule has 2 aliphatic rings. The lowest BCUT2D eigenvalue weighted by Gasteiger charge is -2.32. The highest BCUT2D eigenvalue weighted by Crippen LogP contribution is 2.26. The van der Waals surface area contributed by atoms with Gasteiger partial charge in [-0.2, -0.15) is 0 Å². The van der Waals surface area contributed by atoms with Crippen LogP contribution in [0, 0.1) is 0 Å². The van der Waals surface area contributed by atoms with Crippen LogP contribution in [0.4, 0.5) is 10.1 Å². The fourth-order valence-corrected chi connectivity index (χ4v) is 3.19. The monoisotopic (exact) mass is 347 g/mol. The lowest BCUT2D eigenvalue weighted by atomic mass is 10.2. The van der Waals surface area contributed by atoms with Crippen molar-refractivity contribution in [3.8, 4) is 5.75 Å². The Kier molecular flexibility index (Phi) is 5.88. The van der Waals surface area contributed by atoms with E-state index in [0.717, 1.165) is 37.4 Å². The zero-order valence-electron chi connectivity index (χ0n) is 14.6. The first-order chi connectivity index (χ1) is 12.2. The molecule has 0 aromatic heterocycles. The second-order valence-corrected chi connectivity index (χ2v) is 6.30. The summed E-state index contributed by atoms with van der Waals surface area (Å²) < 4.78 is 19.8. The van der Waals surface area contributed by atoms with Gasteiger partial charge < -0.3 is 15.0 Å². The Hall–Kier alpha value is -2.12. The number of hydrogen-bond acceptors (Lipinski definition) is 6. The van der Waals surface area contributed by atoms with Crippen molar-refractivity contribution in [1.29, 1.82) is 0 Å². The average Bonchev–Trinajstić information content (AvgIpc) is 3.13. The van der Waals surface area contributed by atoms with E-state index in [9.17, 15) is 4.39 Å². The minimum absolute atomic E-state index is 0.0544. The smallest absolute Gasteiger partial charge is 0.178 e. The Bertz CT molecular complexity index is 630. The molecule has 2 unspecified atom stereocenters. The molecule has 0 amide bonds. The van der Waals surface area contributed by atoms with Crippen LogP contribution in [0.5, 0.6) is 5.75 Å². The highest BCUT2D eigenvalue weighted by molar-refractivity contribution is 5.76. The van der Waals surface area contributed by atoms with Gasteiger partial charge in [0.05, 0.1) is 0 Å². The Morgan fingerprint density at radius 2 is 2.20 bits per heavy atom. The molecular formula is C18H26FN5O. The van der Waals surface area contributed by atoms with Crippen LogP contribution in [0.2, 0.25) is 0 Å². The van der Waals surface area contributed by atoms with Gasteiger partial charge in [-0.3, -0.25) is 15.6 Å². The van der Waals surface area contributed by atoms with E-state index >= 15 is 0 Å². The predicted octanol–water partition coefficient (Wildman–Crippen LogP) is 1.69. The maximum atomic E-state index is 14.1. The zero-order valence-corrected chi connectivity index (χ0v) is 14.6. The number of alkyl halides is 1. The van der Waals surface area contributed by atoms with Gasteiger partial charge in [-0.25, -0.2) is 4.39 Å². The fourth-order valence-electron chi connectivity index (χ4n) is 3.19. The van der Waals surface area contributed by atoms with E-state index < -0.39 is 12.5 Å². The van der Waals surface area contributed by atoms with Crippen LogP contribution in [-0.4, -0.2) is 56.9 Å². The number of anilines is 1. The quantitative estimate of drug-likeness (QED) is 0.786. The molecule has 136 valence electrons. The predicted molar refractivity (Wildman–Crippen MR) is 98.6 cm³/mol. The second-order valence-electron chi connectivity index (χ2n) is 6.30. The summed E-state index contributed by atoms with van der Waals surface area (Å²) >= 11 is 0. The zero-order chi connectivity index (χ0) is 17.6. The van der Waals surface area contributed by atoms with Crippen LogP contribution in [0.3, 0.4) is 0 Å². The van der Waals surface area contributed by atoms with Gasteiger partial charge in [0.2, 0.25) is 0 Å². The summed E-state index contributed by atoms with van der Waals surface area (Å²) in [5, 5.41) is 3.10. The van der Waals surface area contributed by atoms with Crippen LogP contribution < -0.4 is 20.7 Å². The van der Waals surface area contributed by atoms with Crippen molar-refractivity contribution in [2.75, 3.05) is 38.2 Å². The molecule has 0 aliphatic carbocycles. The molecule has 6 nitrogen and oxygen atoms in total. The molecule has 7 heteroatoms. The summed E-state index contributed by atoms with van der Waals surface area (Å²) in [4.78, 5) is 8.22. The van der Waals surface area contributed by atoms with Gasteiger partial charge in [-0.15, -0.1) is 0 Å². The molecule has 0 radical (unpaired) electrons. The Balaban J connectivity index is 1.61. The third-order valence-electron chi connectivity index (χ3n) is 4.43. The van der Waals surface area contributed by atoms with Gasteiger partial charge in [-0.05, 0) is 44.1 Å². The number of nitrogens with one attached hydrogen (secondary N) is 1. The first-order valence-corrected chi connectivity index (χ1v) is 8.72. The number of nitrogens with two attached hydrogens (primary N) is 1. The molecule has 1 aromatic carbocycles.